The van der Waals surface area contributed by atoms with Crippen LogP contribution in [-0.4, -0.2) is 16.3 Å². The molecule has 1 aromatic heterocycles. The number of rotatable bonds is 6. The van der Waals surface area contributed by atoms with Crippen LogP contribution in [0.15, 0.2) is 6.20 Å². The Bertz CT molecular complexity index is 382. The summed E-state index contributed by atoms with van der Waals surface area (Å²) in [5, 5.41) is 8.79. The Balaban J connectivity index is 2.27. The van der Waals surface area contributed by atoms with Crippen LogP contribution in [0.3, 0.4) is 0 Å². The first-order valence-electron chi connectivity index (χ1n) is 6.57. The first-order valence-corrected chi connectivity index (χ1v) is 6.94. The van der Waals surface area contributed by atoms with E-state index in [0.717, 1.165) is 24.5 Å². The number of nitrogens with one attached hydrogen (secondary N) is 1. The van der Waals surface area contributed by atoms with Gasteiger partial charge in [-0.1, -0.05) is 25.4 Å². The number of nitrogens with zero attached hydrogens (tertiary/aromatic N) is 2. The van der Waals surface area contributed by atoms with Crippen LogP contribution in [-0.2, 0) is 6.54 Å². The predicted molar refractivity (Wildman–Crippen MR) is 71.3 cm³/mol. The smallest absolute Gasteiger partial charge is 0.0834 e. The Morgan fingerprint density at radius 2 is 2.24 bits per heavy atom. The molecular formula is C13H22ClN3. The van der Waals surface area contributed by atoms with Crippen LogP contribution >= 0.6 is 11.6 Å². The molecule has 0 bridgehead atoms. The Kier molecular flexibility index (Phi) is 3.79. The maximum atomic E-state index is 6.31. The number of hydrogen-bond donors (Lipinski definition) is 1. The van der Waals surface area contributed by atoms with Crippen LogP contribution < -0.4 is 5.32 Å². The van der Waals surface area contributed by atoms with E-state index in [4.69, 9.17) is 11.6 Å². The lowest BCUT2D eigenvalue weighted by Crippen LogP contribution is -2.31. The number of aryl methyl sites for hydroxylation is 1. The molecule has 1 saturated carbocycles. The highest BCUT2D eigenvalue weighted by atomic mass is 35.5. The standard InChI is InChI=1S/C13H22ClN3/c1-4-8-15-12(13(3)6-7-13)11-10(14)9-16-17(11)5-2/h9,12,15H,4-8H2,1-3H3. The molecule has 0 aromatic carbocycles. The Hall–Kier alpha value is -0.540. The quantitative estimate of drug-likeness (QED) is 0.844. The van der Waals surface area contributed by atoms with Crippen molar-refractivity contribution in [3.05, 3.63) is 16.9 Å². The third kappa shape index (κ3) is 2.50. The minimum Gasteiger partial charge on any atom is -0.308 e. The van der Waals surface area contributed by atoms with Crippen molar-refractivity contribution in [3.8, 4) is 0 Å². The molecule has 1 aromatic rings. The van der Waals surface area contributed by atoms with Crippen LogP contribution in [0.4, 0.5) is 0 Å². The van der Waals surface area contributed by atoms with E-state index >= 15 is 0 Å². The lowest BCUT2D eigenvalue weighted by molar-refractivity contribution is 0.344. The molecule has 3 nitrogen and oxygen atoms in total. The normalized spacial score (nSPS) is 19.3. The Morgan fingerprint density at radius 1 is 1.53 bits per heavy atom. The SMILES string of the molecule is CCCNC(c1c(Cl)cnn1CC)C1(C)CC1. The van der Waals surface area contributed by atoms with Crippen LogP contribution in [0.5, 0.6) is 0 Å². The summed E-state index contributed by atoms with van der Waals surface area (Å²) in [5.74, 6) is 0. The van der Waals surface area contributed by atoms with Gasteiger partial charge in [0.25, 0.3) is 0 Å². The monoisotopic (exact) mass is 255 g/mol. The predicted octanol–water partition coefficient (Wildman–Crippen LogP) is 3.40. The topological polar surface area (TPSA) is 29.9 Å². The summed E-state index contributed by atoms with van der Waals surface area (Å²) in [7, 11) is 0. The molecule has 0 amide bonds. The van der Waals surface area contributed by atoms with Crippen molar-refractivity contribution in [1.29, 1.82) is 0 Å². The van der Waals surface area contributed by atoms with Gasteiger partial charge in [-0.25, -0.2) is 0 Å². The zero-order valence-electron chi connectivity index (χ0n) is 11.0. The highest BCUT2D eigenvalue weighted by Gasteiger charge is 2.47. The zero-order chi connectivity index (χ0) is 12.5. The van der Waals surface area contributed by atoms with E-state index in [9.17, 15) is 0 Å². The third-order valence-electron chi connectivity index (χ3n) is 3.74. The first-order chi connectivity index (χ1) is 8.12. The second kappa shape index (κ2) is 4.99. The van der Waals surface area contributed by atoms with Gasteiger partial charge in [0.15, 0.2) is 0 Å². The van der Waals surface area contributed by atoms with Gasteiger partial charge < -0.3 is 5.32 Å². The lowest BCUT2D eigenvalue weighted by Gasteiger charge is -2.26. The first kappa shape index (κ1) is 12.9. The summed E-state index contributed by atoms with van der Waals surface area (Å²) in [6, 6.07) is 0.345. The molecule has 1 atom stereocenters. The number of aromatic nitrogens is 2. The molecule has 1 fully saturated rings. The summed E-state index contributed by atoms with van der Waals surface area (Å²) < 4.78 is 2.03. The summed E-state index contributed by atoms with van der Waals surface area (Å²) >= 11 is 6.31. The zero-order valence-corrected chi connectivity index (χ0v) is 11.7. The van der Waals surface area contributed by atoms with Crippen molar-refractivity contribution in [2.45, 2.75) is 52.6 Å². The largest absolute Gasteiger partial charge is 0.308 e. The van der Waals surface area contributed by atoms with Crippen LogP contribution in [0.1, 0.15) is 51.8 Å². The molecule has 4 heteroatoms. The van der Waals surface area contributed by atoms with Gasteiger partial charge in [0.1, 0.15) is 0 Å². The van der Waals surface area contributed by atoms with E-state index in [1.807, 2.05) is 4.68 Å². The molecule has 0 saturated heterocycles. The number of halogens is 1. The van der Waals surface area contributed by atoms with Gasteiger partial charge in [0.05, 0.1) is 23.0 Å². The molecule has 17 heavy (non-hydrogen) atoms. The summed E-state index contributed by atoms with van der Waals surface area (Å²) in [6.07, 6.45) is 5.47. The van der Waals surface area contributed by atoms with Gasteiger partial charge in [0, 0.05) is 6.54 Å². The van der Waals surface area contributed by atoms with Gasteiger partial charge in [-0.3, -0.25) is 4.68 Å². The van der Waals surface area contributed by atoms with Crippen molar-refractivity contribution in [2.75, 3.05) is 6.54 Å². The maximum Gasteiger partial charge on any atom is 0.0834 e. The summed E-state index contributed by atoms with van der Waals surface area (Å²) in [4.78, 5) is 0. The fourth-order valence-electron chi connectivity index (χ4n) is 2.36. The molecular weight excluding hydrogens is 234 g/mol. The fraction of sp³-hybridized carbons (Fsp3) is 0.769. The van der Waals surface area contributed by atoms with E-state index in [1.165, 1.54) is 18.5 Å². The molecule has 1 N–H and O–H groups in total. The molecule has 0 radical (unpaired) electrons. The minimum absolute atomic E-state index is 0.345. The maximum absolute atomic E-state index is 6.31. The van der Waals surface area contributed by atoms with E-state index < -0.39 is 0 Å². The molecule has 2 rings (SSSR count). The van der Waals surface area contributed by atoms with Crippen LogP contribution in [0.2, 0.25) is 5.02 Å². The molecule has 0 spiro atoms. The minimum atomic E-state index is 0.345. The molecule has 1 aliphatic carbocycles. The van der Waals surface area contributed by atoms with Crippen molar-refractivity contribution in [1.82, 2.24) is 15.1 Å². The Labute approximate surface area is 109 Å². The molecule has 96 valence electrons. The van der Waals surface area contributed by atoms with E-state index in [0.29, 0.717) is 11.5 Å². The van der Waals surface area contributed by atoms with E-state index in [2.05, 4.69) is 31.2 Å². The third-order valence-corrected chi connectivity index (χ3v) is 4.03. The average molecular weight is 256 g/mol. The van der Waals surface area contributed by atoms with Gasteiger partial charge in [-0.2, -0.15) is 5.10 Å². The molecule has 1 aliphatic rings. The fourth-order valence-corrected chi connectivity index (χ4v) is 2.61. The van der Waals surface area contributed by atoms with Crippen molar-refractivity contribution < 1.29 is 0 Å². The molecule has 1 heterocycles. The molecule has 0 aliphatic heterocycles. The van der Waals surface area contributed by atoms with Crippen molar-refractivity contribution in [2.24, 2.45) is 5.41 Å². The van der Waals surface area contributed by atoms with Gasteiger partial charge in [0.2, 0.25) is 0 Å². The molecule has 1 unspecified atom stereocenters. The van der Waals surface area contributed by atoms with Crippen molar-refractivity contribution in [3.63, 3.8) is 0 Å². The van der Waals surface area contributed by atoms with Crippen LogP contribution in [0, 0.1) is 5.41 Å². The highest BCUT2D eigenvalue weighted by Crippen LogP contribution is 2.55. The second-order valence-electron chi connectivity index (χ2n) is 5.23. The van der Waals surface area contributed by atoms with Gasteiger partial charge >= 0.3 is 0 Å². The van der Waals surface area contributed by atoms with Gasteiger partial charge in [-0.05, 0) is 38.1 Å². The van der Waals surface area contributed by atoms with Crippen LogP contribution in [0.25, 0.3) is 0 Å². The van der Waals surface area contributed by atoms with Gasteiger partial charge in [-0.15, -0.1) is 0 Å². The number of hydrogen-bond acceptors (Lipinski definition) is 2. The van der Waals surface area contributed by atoms with E-state index in [-0.39, 0.29) is 0 Å². The second-order valence-corrected chi connectivity index (χ2v) is 5.64. The Morgan fingerprint density at radius 3 is 2.76 bits per heavy atom. The summed E-state index contributed by atoms with van der Waals surface area (Å²) in [5.41, 5.74) is 1.54. The summed E-state index contributed by atoms with van der Waals surface area (Å²) in [6.45, 7) is 8.55. The van der Waals surface area contributed by atoms with Crippen molar-refractivity contribution >= 4 is 11.6 Å². The lowest BCUT2D eigenvalue weighted by atomic mass is 9.95. The average Bonchev–Trinajstić information content (AvgIpc) is 2.95. The highest BCUT2D eigenvalue weighted by molar-refractivity contribution is 6.31. The van der Waals surface area contributed by atoms with E-state index in [1.54, 1.807) is 6.20 Å².